The van der Waals surface area contributed by atoms with Gasteiger partial charge < -0.3 is 10.6 Å². The lowest BCUT2D eigenvalue weighted by molar-refractivity contribution is 0.1000. The second-order valence-electron chi connectivity index (χ2n) is 4.69. The number of nitrogens with two attached hydrogens (primary N) is 1. The molecule has 0 aromatic carbocycles. The Morgan fingerprint density at radius 2 is 2.33 bits per heavy atom. The monoisotopic (exact) mass is 262 g/mol. The zero-order valence-corrected chi connectivity index (χ0v) is 10.9. The van der Waals surface area contributed by atoms with Crippen molar-refractivity contribution in [3.8, 4) is 0 Å². The molecule has 0 radical (unpaired) electrons. The Morgan fingerprint density at radius 3 is 3.00 bits per heavy atom. The highest BCUT2D eigenvalue weighted by Crippen LogP contribution is 2.28. The van der Waals surface area contributed by atoms with Crippen molar-refractivity contribution in [2.24, 2.45) is 5.73 Å². The van der Waals surface area contributed by atoms with Crippen molar-refractivity contribution in [1.82, 2.24) is 14.9 Å². The number of hydrogen-bond acceptors (Lipinski definition) is 5. The summed E-state index contributed by atoms with van der Waals surface area (Å²) in [5.41, 5.74) is 7.07. The normalized spacial score (nSPS) is 20.6. The third-order valence-corrected chi connectivity index (χ3v) is 4.28. The molecule has 2 aromatic rings. The highest BCUT2D eigenvalue weighted by Gasteiger charge is 2.22. The van der Waals surface area contributed by atoms with E-state index in [1.165, 1.54) is 11.3 Å². The number of carbonyl (C=O) groups excluding carboxylic acids is 1. The number of hydrogen-bond donors (Lipinski definition) is 1. The van der Waals surface area contributed by atoms with Gasteiger partial charge in [-0.05, 0) is 32.1 Å². The van der Waals surface area contributed by atoms with E-state index in [1.807, 2.05) is 12.1 Å². The van der Waals surface area contributed by atoms with Gasteiger partial charge in [0.15, 0.2) is 5.01 Å². The summed E-state index contributed by atoms with van der Waals surface area (Å²) in [6.07, 6.45) is 1.14. The van der Waals surface area contributed by atoms with E-state index in [0.717, 1.165) is 35.6 Å². The van der Waals surface area contributed by atoms with Gasteiger partial charge in [-0.3, -0.25) is 4.79 Å². The van der Waals surface area contributed by atoms with E-state index >= 15 is 0 Å². The number of carbonyl (C=O) groups is 1. The second-order valence-corrected chi connectivity index (χ2v) is 5.67. The van der Waals surface area contributed by atoms with Gasteiger partial charge in [-0.2, -0.15) is 0 Å². The molecule has 0 saturated carbocycles. The molecule has 1 aliphatic rings. The lowest BCUT2D eigenvalue weighted by atomic mass is 10.0. The minimum Gasteiger partial charge on any atom is -0.364 e. The van der Waals surface area contributed by atoms with Crippen LogP contribution in [0.5, 0.6) is 0 Å². The van der Waals surface area contributed by atoms with Crippen molar-refractivity contribution in [2.75, 3.05) is 20.1 Å². The fraction of sp³-hybridized carbons (Fsp3) is 0.417. The number of amides is 1. The number of rotatable bonds is 2. The topological polar surface area (TPSA) is 72.1 Å². The van der Waals surface area contributed by atoms with Crippen LogP contribution < -0.4 is 5.73 Å². The third kappa shape index (κ3) is 1.97. The van der Waals surface area contributed by atoms with Crippen molar-refractivity contribution in [1.29, 1.82) is 0 Å². The number of fused-ring (bicyclic) bond motifs is 1. The Kier molecular flexibility index (Phi) is 2.76. The fourth-order valence-electron chi connectivity index (χ4n) is 2.34. The first-order chi connectivity index (χ1) is 8.63. The van der Waals surface area contributed by atoms with Gasteiger partial charge in [0.05, 0.1) is 0 Å². The Morgan fingerprint density at radius 1 is 1.50 bits per heavy atom. The maximum Gasteiger partial charge on any atom is 0.277 e. The van der Waals surface area contributed by atoms with E-state index < -0.39 is 5.91 Å². The van der Waals surface area contributed by atoms with E-state index in [1.54, 1.807) is 0 Å². The van der Waals surface area contributed by atoms with Crippen LogP contribution in [0, 0.1) is 0 Å². The summed E-state index contributed by atoms with van der Waals surface area (Å²) in [7, 11) is 2.12. The molecule has 1 amide bonds. The predicted octanol–water partition coefficient (Wildman–Crippen LogP) is 1.21. The predicted molar refractivity (Wildman–Crippen MR) is 70.8 cm³/mol. The molecule has 0 bridgehead atoms. The Balaban J connectivity index is 1.97. The number of nitrogens with zero attached hydrogens (tertiary/aromatic N) is 3. The van der Waals surface area contributed by atoms with Crippen molar-refractivity contribution in [3.05, 3.63) is 22.8 Å². The van der Waals surface area contributed by atoms with Crippen LogP contribution in [0.2, 0.25) is 0 Å². The molecule has 5 nitrogen and oxygen atoms in total. The summed E-state index contributed by atoms with van der Waals surface area (Å²) >= 11 is 1.27. The molecule has 1 atom stereocenters. The van der Waals surface area contributed by atoms with Crippen molar-refractivity contribution < 1.29 is 4.79 Å². The van der Waals surface area contributed by atoms with Gasteiger partial charge in [-0.1, -0.05) is 11.3 Å². The van der Waals surface area contributed by atoms with Gasteiger partial charge >= 0.3 is 0 Å². The largest absolute Gasteiger partial charge is 0.364 e. The van der Waals surface area contributed by atoms with Gasteiger partial charge in [-0.15, -0.1) is 0 Å². The van der Waals surface area contributed by atoms with E-state index in [4.69, 9.17) is 5.73 Å². The molecular formula is C12H14N4OS. The van der Waals surface area contributed by atoms with Crippen molar-refractivity contribution in [2.45, 2.75) is 12.3 Å². The number of thiazole rings is 1. The van der Waals surface area contributed by atoms with Crippen LogP contribution in [0.4, 0.5) is 0 Å². The fourth-order valence-corrected chi connectivity index (χ4v) is 3.14. The SMILES string of the molecule is CN1CCC(c2ccc3nc(C(N)=O)sc3n2)C1. The van der Waals surface area contributed by atoms with Crippen LogP contribution in [0.25, 0.3) is 10.3 Å². The van der Waals surface area contributed by atoms with E-state index in [-0.39, 0.29) is 0 Å². The highest BCUT2D eigenvalue weighted by atomic mass is 32.1. The summed E-state index contributed by atoms with van der Waals surface area (Å²) in [4.78, 5) is 23.0. The van der Waals surface area contributed by atoms with Crippen molar-refractivity contribution >= 4 is 27.6 Å². The van der Waals surface area contributed by atoms with Crippen LogP contribution in [0.15, 0.2) is 12.1 Å². The first-order valence-corrected chi connectivity index (χ1v) is 6.71. The Bertz CT molecular complexity index is 609. The summed E-state index contributed by atoms with van der Waals surface area (Å²) in [5.74, 6) is -0.00122. The molecule has 1 saturated heterocycles. The zero-order valence-electron chi connectivity index (χ0n) is 10.1. The maximum atomic E-state index is 11.1. The standard InChI is InChI=1S/C12H14N4OS/c1-16-5-4-7(6-16)8-2-3-9-11(14-8)18-12(15-9)10(13)17/h2-3,7H,4-6H2,1H3,(H2,13,17). The average molecular weight is 262 g/mol. The molecule has 0 aliphatic carbocycles. The molecule has 18 heavy (non-hydrogen) atoms. The van der Waals surface area contributed by atoms with E-state index in [9.17, 15) is 4.79 Å². The van der Waals surface area contributed by atoms with E-state index in [2.05, 4.69) is 21.9 Å². The summed E-state index contributed by atoms with van der Waals surface area (Å²) in [5, 5.41) is 0.332. The molecule has 0 spiro atoms. The van der Waals surface area contributed by atoms with Gasteiger partial charge in [0.25, 0.3) is 5.91 Å². The van der Waals surface area contributed by atoms with Gasteiger partial charge in [0, 0.05) is 18.2 Å². The molecule has 1 aliphatic heterocycles. The minimum atomic E-state index is -0.486. The lowest BCUT2D eigenvalue weighted by Crippen LogP contribution is -2.13. The van der Waals surface area contributed by atoms with Gasteiger partial charge in [0.2, 0.25) is 0 Å². The number of primary amides is 1. The molecular weight excluding hydrogens is 248 g/mol. The molecule has 1 unspecified atom stereocenters. The molecule has 1 fully saturated rings. The minimum absolute atomic E-state index is 0.332. The Labute approximate surface area is 109 Å². The smallest absolute Gasteiger partial charge is 0.277 e. The summed E-state index contributed by atoms with van der Waals surface area (Å²) in [6.45, 7) is 2.15. The number of pyridine rings is 1. The molecule has 3 rings (SSSR count). The van der Waals surface area contributed by atoms with Crippen LogP contribution in [0.3, 0.4) is 0 Å². The second kappa shape index (κ2) is 4.29. The van der Waals surface area contributed by atoms with Crippen LogP contribution in [-0.4, -0.2) is 40.9 Å². The molecule has 2 aromatic heterocycles. The molecule has 3 heterocycles. The number of aromatic nitrogens is 2. The first-order valence-electron chi connectivity index (χ1n) is 5.89. The van der Waals surface area contributed by atoms with Crippen LogP contribution >= 0.6 is 11.3 Å². The number of likely N-dealkylation sites (tertiary alicyclic amines) is 1. The lowest BCUT2D eigenvalue weighted by Gasteiger charge is -2.09. The maximum absolute atomic E-state index is 11.1. The van der Waals surface area contributed by atoms with Gasteiger partial charge in [-0.25, -0.2) is 9.97 Å². The van der Waals surface area contributed by atoms with Crippen molar-refractivity contribution in [3.63, 3.8) is 0 Å². The molecule has 94 valence electrons. The van der Waals surface area contributed by atoms with Gasteiger partial charge in [0.1, 0.15) is 10.3 Å². The summed E-state index contributed by atoms with van der Waals surface area (Å²) in [6, 6.07) is 3.94. The average Bonchev–Trinajstić information content (AvgIpc) is 2.93. The quantitative estimate of drug-likeness (QED) is 0.883. The van der Waals surface area contributed by atoms with E-state index in [0.29, 0.717) is 10.9 Å². The summed E-state index contributed by atoms with van der Waals surface area (Å²) < 4.78 is 0. The number of likely N-dealkylation sites (N-methyl/N-ethyl adjacent to an activating group) is 1. The van der Waals surface area contributed by atoms with Crippen LogP contribution in [-0.2, 0) is 0 Å². The molecule has 6 heteroatoms. The Hall–Kier alpha value is -1.53. The zero-order chi connectivity index (χ0) is 12.7. The first kappa shape index (κ1) is 11.6. The molecule has 2 N–H and O–H groups in total. The van der Waals surface area contributed by atoms with Crippen LogP contribution in [0.1, 0.15) is 27.8 Å². The highest BCUT2D eigenvalue weighted by molar-refractivity contribution is 7.19. The third-order valence-electron chi connectivity index (χ3n) is 3.30.